The van der Waals surface area contributed by atoms with Crippen molar-refractivity contribution in [3.63, 3.8) is 0 Å². The number of hydrogen-bond donors (Lipinski definition) is 2. The van der Waals surface area contributed by atoms with Crippen LogP contribution >= 0.6 is 11.8 Å². The number of rotatable bonds is 6. The molecular formula is C16H20N6OS. The Bertz CT molecular complexity index is 863. The summed E-state index contributed by atoms with van der Waals surface area (Å²) in [4.78, 5) is 13.6. The first-order valence-electron chi connectivity index (χ1n) is 7.60. The molecule has 3 rings (SSSR count). The molecule has 7 nitrogen and oxygen atoms in total. The summed E-state index contributed by atoms with van der Waals surface area (Å²) in [6, 6.07) is 5.79. The van der Waals surface area contributed by atoms with Crippen molar-refractivity contribution < 1.29 is 4.74 Å². The second-order valence-electron chi connectivity index (χ2n) is 5.28. The molecule has 0 spiro atoms. The number of methoxy groups -OCH3 is 1. The van der Waals surface area contributed by atoms with Gasteiger partial charge in [0.2, 0.25) is 0 Å². The fraction of sp³-hybridized carbons (Fsp3) is 0.312. The molecule has 0 atom stereocenters. The van der Waals surface area contributed by atoms with Crippen LogP contribution in [0.3, 0.4) is 0 Å². The molecule has 0 bridgehead atoms. The zero-order chi connectivity index (χ0) is 17.1. The summed E-state index contributed by atoms with van der Waals surface area (Å²) in [6.07, 6.45) is 1.75. The fourth-order valence-corrected chi connectivity index (χ4v) is 3.15. The number of nitrogens with two attached hydrogens (primary N) is 1. The Morgan fingerprint density at radius 2 is 2.17 bits per heavy atom. The van der Waals surface area contributed by atoms with Gasteiger partial charge in [0.1, 0.15) is 11.3 Å². The highest BCUT2D eigenvalue weighted by Crippen LogP contribution is 2.28. The lowest BCUT2D eigenvalue weighted by atomic mass is 10.2. The number of fused-ring (bicyclic) bond motifs is 1. The topological polar surface area (TPSA) is 90.9 Å². The van der Waals surface area contributed by atoms with E-state index >= 15 is 0 Å². The van der Waals surface area contributed by atoms with Gasteiger partial charge in [0.25, 0.3) is 0 Å². The molecule has 8 heteroatoms. The third-order valence-corrected chi connectivity index (χ3v) is 4.46. The maximum atomic E-state index is 5.96. The van der Waals surface area contributed by atoms with Crippen LogP contribution < -0.4 is 15.8 Å². The van der Waals surface area contributed by atoms with Crippen LogP contribution in [0, 0.1) is 0 Å². The summed E-state index contributed by atoms with van der Waals surface area (Å²) in [5.41, 5.74) is 9.29. The van der Waals surface area contributed by atoms with Crippen molar-refractivity contribution in [3.8, 4) is 5.75 Å². The number of ether oxygens (including phenoxy) is 1. The third-order valence-electron chi connectivity index (χ3n) is 3.55. The largest absolute Gasteiger partial charge is 0.495 e. The van der Waals surface area contributed by atoms with Crippen LogP contribution in [-0.2, 0) is 12.8 Å². The molecule has 0 aliphatic carbocycles. The molecule has 3 aromatic rings. The zero-order valence-corrected chi connectivity index (χ0v) is 14.7. The number of aryl methyl sites for hydroxylation is 1. The fourth-order valence-electron chi connectivity index (χ4n) is 2.36. The van der Waals surface area contributed by atoms with Crippen molar-refractivity contribution in [2.45, 2.75) is 17.8 Å². The highest BCUT2D eigenvalue weighted by molar-refractivity contribution is 7.98. The smallest absolute Gasteiger partial charge is 0.191 e. The van der Waals surface area contributed by atoms with Crippen molar-refractivity contribution in [2.75, 3.05) is 24.7 Å². The van der Waals surface area contributed by atoms with E-state index < -0.39 is 0 Å². The van der Waals surface area contributed by atoms with Gasteiger partial charge in [-0.2, -0.15) is 0 Å². The first-order chi connectivity index (χ1) is 11.6. The molecular weight excluding hydrogens is 324 g/mol. The van der Waals surface area contributed by atoms with Crippen molar-refractivity contribution in [1.29, 1.82) is 0 Å². The quantitative estimate of drug-likeness (QED) is 0.403. The van der Waals surface area contributed by atoms with Crippen LogP contribution in [0.5, 0.6) is 5.75 Å². The maximum absolute atomic E-state index is 5.96. The lowest BCUT2D eigenvalue weighted by Crippen LogP contribution is -2.03. The number of nitrogens with one attached hydrogen (secondary N) is 1. The minimum Gasteiger partial charge on any atom is -0.495 e. The molecule has 0 amide bonds. The molecule has 2 heterocycles. The van der Waals surface area contributed by atoms with Gasteiger partial charge in [0, 0.05) is 19.3 Å². The van der Waals surface area contributed by atoms with Crippen LogP contribution in [-0.4, -0.2) is 33.2 Å². The normalized spacial score (nSPS) is 11.0. The van der Waals surface area contributed by atoms with E-state index in [0.29, 0.717) is 16.6 Å². The Hall–Kier alpha value is -2.48. The second kappa shape index (κ2) is 6.96. The summed E-state index contributed by atoms with van der Waals surface area (Å²) in [7, 11) is 3.54. The Balaban J connectivity index is 1.84. The van der Waals surface area contributed by atoms with Gasteiger partial charge < -0.3 is 20.4 Å². The monoisotopic (exact) mass is 344 g/mol. The first kappa shape index (κ1) is 16.4. The van der Waals surface area contributed by atoms with E-state index in [1.54, 1.807) is 25.2 Å². The van der Waals surface area contributed by atoms with Crippen molar-refractivity contribution in [1.82, 2.24) is 19.5 Å². The molecule has 126 valence electrons. The molecule has 3 N–H and O–H groups in total. The molecule has 0 fully saturated rings. The maximum Gasteiger partial charge on any atom is 0.191 e. The summed E-state index contributed by atoms with van der Waals surface area (Å²) >= 11 is 1.56. The molecule has 2 aromatic heterocycles. The number of thioether (sulfide) groups is 1. The van der Waals surface area contributed by atoms with Gasteiger partial charge in [0.15, 0.2) is 16.6 Å². The highest BCUT2D eigenvalue weighted by Gasteiger charge is 2.12. The number of nitrogens with zero attached hydrogens (tertiary/aromatic N) is 4. The van der Waals surface area contributed by atoms with Crippen LogP contribution in [0.2, 0.25) is 0 Å². The summed E-state index contributed by atoms with van der Waals surface area (Å²) in [5.74, 6) is 2.17. The Morgan fingerprint density at radius 1 is 1.33 bits per heavy atom. The number of aromatic nitrogens is 4. The SMILES string of the molecule is CCNc1nc(SCc2ccc(OC)c(N)c2)nc2c1ncn2C. The Labute approximate surface area is 144 Å². The third kappa shape index (κ3) is 3.23. The highest BCUT2D eigenvalue weighted by atomic mass is 32.2. The van der Waals surface area contributed by atoms with Crippen LogP contribution in [0.1, 0.15) is 12.5 Å². The van der Waals surface area contributed by atoms with Crippen molar-refractivity contribution in [3.05, 3.63) is 30.1 Å². The van der Waals surface area contributed by atoms with Gasteiger partial charge >= 0.3 is 0 Å². The first-order valence-corrected chi connectivity index (χ1v) is 8.59. The molecule has 0 saturated heterocycles. The Kier molecular flexibility index (Phi) is 4.75. The summed E-state index contributed by atoms with van der Waals surface area (Å²) < 4.78 is 7.08. The zero-order valence-electron chi connectivity index (χ0n) is 13.9. The molecule has 0 aliphatic rings. The predicted molar refractivity (Wildman–Crippen MR) is 97.4 cm³/mol. The van der Waals surface area contributed by atoms with E-state index in [9.17, 15) is 0 Å². The van der Waals surface area contributed by atoms with Gasteiger partial charge in [-0.25, -0.2) is 15.0 Å². The number of nitrogen functional groups attached to an aromatic ring is 1. The lowest BCUT2D eigenvalue weighted by Gasteiger charge is -2.08. The summed E-state index contributed by atoms with van der Waals surface area (Å²) in [5, 5.41) is 3.95. The molecule has 24 heavy (non-hydrogen) atoms. The van der Waals surface area contributed by atoms with Crippen LogP contribution in [0.4, 0.5) is 11.5 Å². The van der Waals surface area contributed by atoms with Crippen LogP contribution in [0.25, 0.3) is 11.2 Å². The number of benzene rings is 1. The minimum atomic E-state index is 0.631. The molecule has 1 aromatic carbocycles. The minimum absolute atomic E-state index is 0.631. The Morgan fingerprint density at radius 3 is 2.88 bits per heavy atom. The van der Waals surface area contributed by atoms with Gasteiger partial charge in [-0.15, -0.1) is 0 Å². The van der Waals surface area contributed by atoms with E-state index in [1.807, 2.05) is 36.7 Å². The molecule has 0 unspecified atom stereocenters. The summed E-state index contributed by atoms with van der Waals surface area (Å²) in [6.45, 7) is 2.81. The lowest BCUT2D eigenvalue weighted by molar-refractivity contribution is 0.417. The molecule has 0 radical (unpaired) electrons. The van der Waals surface area contributed by atoms with Gasteiger partial charge in [-0.1, -0.05) is 17.8 Å². The van der Waals surface area contributed by atoms with E-state index in [1.165, 1.54) is 0 Å². The van der Waals surface area contributed by atoms with Gasteiger partial charge in [0.05, 0.1) is 19.1 Å². The second-order valence-corrected chi connectivity index (χ2v) is 6.22. The van der Waals surface area contributed by atoms with Gasteiger partial charge in [-0.3, -0.25) is 0 Å². The van der Waals surface area contributed by atoms with E-state index in [-0.39, 0.29) is 0 Å². The standard InChI is InChI=1S/C16H20N6OS/c1-4-18-14-13-15(22(2)9-19-13)21-16(20-14)24-8-10-5-6-12(23-3)11(17)7-10/h5-7,9H,4,8,17H2,1-3H3,(H,18,20,21). The average molecular weight is 344 g/mol. The molecule has 0 aliphatic heterocycles. The van der Waals surface area contributed by atoms with E-state index in [4.69, 9.17) is 10.5 Å². The molecule has 0 saturated carbocycles. The number of imidazole rings is 1. The van der Waals surface area contributed by atoms with Crippen molar-refractivity contribution in [2.24, 2.45) is 7.05 Å². The predicted octanol–water partition coefficient (Wildman–Crippen LogP) is 2.68. The van der Waals surface area contributed by atoms with E-state index in [2.05, 4.69) is 20.3 Å². The number of hydrogen-bond acceptors (Lipinski definition) is 7. The average Bonchev–Trinajstić information content (AvgIpc) is 2.95. The number of anilines is 2. The van der Waals surface area contributed by atoms with Crippen molar-refractivity contribution >= 4 is 34.4 Å². The van der Waals surface area contributed by atoms with Crippen LogP contribution in [0.15, 0.2) is 29.7 Å². The van der Waals surface area contributed by atoms with Gasteiger partial charge in [-0.05, 0) is 24.6 Å². The van der Waals surface area contributed by atoms with E-state index in [0.717, 1.165) is 34.8 Å².